The minimum absolute atomic E-state index is 0.146. The normalized spacial score (nSPS) is 16.7. The summed E-state index contributed by atoms with van der Waals surface area (Å²) in [6.07, 6.45) is 1.78. The second-order valence-corrected chi connectivity index (χ2v) is 6.70. The van der Waals surface area contributed by atoms with E-state index in [2.05, 4.69) is 10.6 Å². The van der Waals surface area contributed by atoms with Gasteiger partial charge in [0.2, 0.25) is 11.8 Å². The Morgan fingerprint density at radius 3 is 2.54 bits per heavy atom. The van der Waals surface area contributed by atoms with Crippen LogP contribution in [0, 0.1) is 0 Å². The summed E-state index contributed by atoms with van der Waals surface area (Å²) in [5, 5.41) is 4.96. The predicted molar refractivity (Wildman–Crippen MR) is 93.5 cm³/mol. The molecule has 2 rings (SSSR count). The van der Waals surface area contributed by atoms with E-state index in [9.17, 15) is 22.8 Å². The summed E-state index contributed by atoms with van der Waals surface area (Å²) in [6.45, 7) is 1.56. The van der Waals surface area contributed by atoms with Crippen molar-refractivity contribution in [3.63, 3.8) is 0 Å². The maximum atomic E-state index is 12.8. The number of hydrogen-bond donors (Lipinski definition) is 2. The molecule has 8 heteroatoms. The van der Waals surface area contributed by atoms with E-state index in [1.165, 1.54) is 12.1 Å². The Bertz CT molecular complexity index is 698. The molecule has 4 nitrogen and oxygen atoms in total. The highest BCUT2D eigenvalue weighted by Crippen LogP contribution is 2.35. The minimum Gasteiger partial charge on any atom is -0.352 e. The number of benzene rings is 1. The molecule has 0 aliphatic heterocycles. The molecule has 1 aliphatic carbocycles. The van der Waals surface area contributed by atoms with Crippen LogP contribution < -0.4 is 10.6 Å². The van der Waals surface area contributed by atoms with Gasteiger partial charge in [0.25, 0.3) is 0 Å². The topological polar surface area (TPSA) is 58.2 Å². The fourth-order valence-corrected chi connectivity index (χ4v) is 2.98. The summed E-state index contributed by atoms with van der Waals surface area (Å²) < 4.78 is 38.5. The first-order valence-corrected chi connectivity index (χ1v) is 8.70. The van der Waals surface area contributed by atoms with Crippen molar-refractivity contribution in [3.8, 4) is 0 Å². The Morgan fingerprint density at radius 2 is 1.92 bits per heavy atom. The molecule has 142 valence electrons. The molecular weight excluding hydrogens is 369 g/mol. The fourth-order valence-electron chi connectivity index (χ4n) is 2.76. The van der Waals surface area contributed by atoms with Crippen molar-refractivity contribution >= 4 is 29.5 Å². The lowest BCUT2D eigenvalue weighted by Gasteiger charge is -2.17. The molecule has 1 fully saturated rings. The molecule has 0 bridgehead atoms. The number of hydrogen-bond acceptors (Lipinski definition) is 2. The van der Waals surface area contributed by atoms with Gasteiger partial charge in [0.15, 0.2) is 0 Å². The molecule has 0 saturated heterocycles. The van der Waals surface area contributed by atoms with Gasteiger partial charge in [-0.15, -0.1) is 0 Å². The summed E-state index contributed by atoms with van der Waals surface area (Å²) in [7, 11) is 0. The van der Waals surface area contributed by atoms with Crippen LogP contribution in [-0.2, 0) is 15.8 Å². The molecule has 1 aliphatic rings. The number of carbonyl (C=O) groups is 2. The van der Waals surface area contributed by atoms with Crippen molar-refractivity contribution in [1.29, 1.82) is 0 Å². The monoisotopic (exact) mass is 388 g/mol. The van der Waals surface area contributed by atoms with E-state index in [1.807, 2.05) is 0 Å². The molecule has 1 unspecified atom stereocenters. The largest absolute Gasteiger partial charge is 0.417 e. The van der Waals surface area contributed by atoms with Crippen LogP contribution in [0.3, 0.4) is 0 Å². The van der Waals surface area contributed by atoms with E-state index in [1.54, 1.807) is 6.92 Å². The lowest BCUT2D eigenvalue weighted by molar-refractivity contribution is -0.137. The highest BCUT2D eigenvalue weighted by Gasteiger charge is 2.33. The number of alkyl halides is 3. The zero-order chi connectivity index (χ0) is 19.3. The van der Waals surface area contributed by atoms with E-state index in [-0.39, 0.29) is 17.5 Å². The average molecular weight is 389 g/mol. The molecular formula is C18H20ClF3N2O2. The SMILES string of the molecule is CC(NC(=O)C=Cc1ccc(Cl)c(C(F)(F)F)c1)C(=O)NC1CCCC1. The van der Waals surface area contributed by atoms with Gasteiger partial charge in [0.05, 0.1) is 10.6 Å². The summed E-state index contributed by atoms with van der Waals surface area (Å²) in [5.74, 6) is -0.841. The first-order valence-electron chi connectivity index (χ1n) is 8.32. The van der Waals surface area contributed by atoms with Gasteiger partial charge in [-0.1, -0.05) is 30.5 Å². The van der Waals surface area contributed by atoms with Gasteiger partial charge in [-0.3, -0.25) is 9.59 Å². The average Bonchev–Trinajstić information content (AvgIpc) is 3.05. The van der Waals surface area contributed by atoms with Crippen LogP contribution in [0.5, 0.6) is 0 Å². The molecule has 26 heavy (non-hydrogen) atoms. The van der Waals surface area contributed by atoms with Crippen LogP contribution in [0.4, 0.5) is 13.2 Å². The maximum absolute atomic E-state index is 12.8. The van der Waals surface area contributed by atoms with Gasteiger partial charge < -0.3 is 10.6 Å². The summed E-state index contributed by atoms with van der Waals surface area (Å²) >= 11 is 5.55. The highest BCUT2D eigenvalue weighted by molar-refractivity contribution is 6.31. The fraction of sp³-hybridized carbons (Fsp3) is 0.444. The maximum Gasteiger partial charge on any atom is 0.417 e. The molecule has 2 amide bonds. The summed E-state index contributed by atoms with van der Waals surface area (Å²) in [6, 6.07) is 2.77. The molecule has 0 radical (unpaired) electrons. The first kappa shape index (κ1) is 20.3. The number of rotatable bonds is 5. The van der Waals surface area contributed by atoms with Crippen molar-refractivity contribution in [3.05, 3.63) is 40.4 Å². The molecule has 2 N–H and O–H groups in total. The number of halogens is 4. The van der Waals surface area contributed by atoms with Gasteiger partial charge in [-0.2, -0.15) is 13.2 Å². The van der Waals surface area contributed by atoms with Gasteiger partial charge in [-0.25, -0.2) is 0 Å². The molecule has 1 aromatic rings. The van der Waals surface area contributed by atoms with Crippen LogP contribution in [-0.4, -0.2) is 23.9 Å². The van der Waals surface area contributed by atoms with Crippen LogP contribution in [0.1, 0.15) is 43.7 Å². The predicted octanol–water partition coefficient (Wildman–Crippen LogP) is 3.94. The van der Waals surface area contributed by atoms with E-state index in [4.69, 9.17) is 11.6 Å². The van der Waals surface area contributed by atoms with Crippen LogP contribution in [0.15, 0.2) is 24.3 Å². The van der Waals surface area contributed by atoms with Crippen molar-refractivity contribution in [2.45, 2.75) is 50.9 Å². The summed E-state index contributed by atoms with van der Waals surface area (Å²) in [4.78, 5) is 23.9. The van der Waals surface area contributed by atoms with Gasteiger partial charge in [0, 0.05) is 12.1 Å². The Hall–Kier alpha value is -2.02. The minimum atomic E-state index is -4.57. The quantitative estimate of drug-likeness (QED) is 0.751. The van der Waals surface area contributed by atoms with E-state index < -0.39 is 28.7 Å². The number of nitrogens with one attached hydrogen (secondary N) is 2. The lowest BCUT2D eigenvalue weighted by Crippen LogP contribution is -2.47. The second-order valence-electron chi connectivity index (χ2n) is 6.29. The first-order chi connectivity index (χ1) is 12.2. The third kappa shape index (κ3) is 5.76. The van der Waals surface area contributed by atoms with Crippen LogP contribution in [0.25, 0.3) is 6.08 Å². The summed E-state index contributed by atoms with van der Waals surface area (Å²) in [5.41, 5.74) is -0.786. The molecule has 1 aromatic carbocycles. The molecule has 0 spiro atoms. The number of carbonyl (C=O) groups excluding carboxylic acids is 2. The smallest absolute Gasteiger partial charge is 0.352 e. The molecule has 0 aromatic heterocycles. The van der Waals surface area contributed by atoms with Crippen molar-refractivity contribution in [2.24, 2.45) is 0 Å². The zero-order valence-corrected chi connectivity index (χ0v) is 15.0. The zero-order valence-electron chi connectivity index (χ0n) is 14.2. The van der Waals surface area contributed by atoms with Crippen molar-refractivity contribution in [1.82, 2.24) is 10.6 Å². The molecule has 0 heterocycles. The van der Waals surface area contributed by atoms with E-state index in [0.717, 1.165) is 43.9 Å². The van der Waals surface area contributed by atoms with Crippen molar-refractivity contribution < 1.29 is 22.8 Å². The Balaban J connectivity index is 1.93. The highest BCUT2D eigenvalue weighted by atomic mass is 35.5. The van der Waals surface area contributed by atoms with Crippen molar-refractivity contribution in [2.75, 3.05) is 0 Å². The standard InChI is InChI=1S/C18H20ClF3N2O2/c1-11(17(26)24-13-4-2-3-5-13)23-16(25)9-7-12-6-8-15(19)14(10-12)18(20,21)22/h6-11,13H,2-5H2,1H3,(H,23,25)(H,24,26). The van der Waals surface area contributed by atoms with E-state index in [0.29, 0.717) is 0 Å². The Morgan fingerprint density at radius 1 is 1.27 bits per heavy atom. The molecule has 1 saturated carbocycles. The second kappa shape index (κ2) is 8.58. The third-order valence-electron chi connectivity index (χ3n) is 4.18. The van der Waals surface area contributed by atoms with Gasteiger partial charge in [-0.05, 0) is 43.5 Å². The Labute approximate surface area is 154 Å². The van der Waals surface area contributed by atoms with Gasteiger partial charge in [0.1, 0.15) is 6.04 Å². The van der Waals surface area contributed by atoms with Gasteiger partial charge >= 0.3 is 6.18 Å². The number of amides is 2. The van der Waals surface area contributed by atoms with Crippen LogP contribution in [0.2, 0.25) is 5.02 Å². The van der Waals surface area contributed by atoms with E-state index >= 15 is 0 Å². The van der Waals surface area contributed by atoms with Crippen LogP contribution >= 0.6 is 11.6 Å². The third-order valence-corrected chi connectivity index (χ3v) is 4.51. The lowest BCUT2D eigenvalue weighted by atomic mass is 10.1. The molecule has 1 atom stereocenters. The Kier molecular flexibility index (Phi) is 6.69.